The smallest absolute Gasteiger partial charge is 0.273 e. The number of nitrogens with zero attached hydrogens (tertiary/aromatic N) is 4. The zero-order chi connectivity index (χ0) is 31.8. The first-order valence-corrected chi connectivity index (χ1v) is 16.0. The van der Waals surface area contributed by atoms with Gasteiger partial charge in [0.05, 0.1) is 35.0 Å². The fourth-order valence-electron chi connectivity index (χ4n) is 5.44. The molecule has 0 unspecified atom stereocenters. The normalized spacial score (nSPS) is 13.2. The fourth-order valence-corrected chi connectivity index (χ4v) is 6.43. The summed E-state index contributed by atoms with van der Waals surface area (Å²) in [5.74, 6) is 2.88. The first-order valence-electron chi connectivity index (χ1n) is 14.8. The molecule has 11 heteroatoms. The average Bonchev–Trinajstić information content (AvgIpc) is 3.55. The monoisotopic (exact) mass is 650 g/mol. The molecule has 238 valence electrons. The van der Waals surface area contributed by atoms with Gasteiger partial charge in [0.1, 0.15) is 22.2 Å². The summed E-state index contributed by atoms with van der Waals surface area (Å²) in [6.07, 6.45) is 0.785. The second-order valence-electron chi connectivity index (χ2n) is 10.7. The number of ether oxygens (including phenoxy) is 4. The van der Waals surface area contributed by atoms with Crippen molar-refractivity contribution in [2.24, 2.45) is 0 Å². The van der Waals surface area contributed by atoms with Crippen LogP contribution in [0.5, 0.6) is 23.0 Å². The molecule has 1 fully saturated rings. The van der Waals surface area contributed by atoms with Crippen LogP contribution in [0.2, 0.25) is 5.02 Å². The molecule has 1 aliphatic rings. The second-order valence-corrected chi connectivity index (χ2v) is 12.1. The van der Waals surface area contributed by atoms with E-state index in [9.17, 15) is 4.79 Å². The third-order valence-electron chi connectivity index (χ3n) is 7.92. The van der Waals surface area contributed by atoms with Crippen LogP contribution >= 0.6 is 22.9 Å². The van der Waals surface area contributed by atoms with Gasteiger partial charge in [0.25, 0.3) is 5.91 Å². The van der Waals surface area contributed by atoms with Gasteiger partial charge < -0.3 is 28.7 Å². The van der Waals surface area contributed by atoms with E-state index in [0.717, 1.165) is 59.4 Å². The number of rotatable bonds is 13. The van der Waals surface area contributed by atoms with Crippen molar-refractivity contribution in [1.29, 1.82) is 0 Å². The van der Waals surface area contributed by atoms with Gasteiger partial charge in [-0.25, -0.2) is 4.98 Å². The third-order valence-corrected chi connectivity index (χ3v) is 8.99. The summed E-state index contributed by atoms with van der Waals surface area (Å²) in [7, 11) is 6.59. The van der Waals surface area contributed by atoms with Crippen LogP contribution in [0.3, 0.4) is 0 Å². The van der Waals surface area contributed by atoms with Gasteiger partial charge in [-0.2, -0.15) is 0 Å². The molecular formula is C34H39ClN4O5S. The summed E-state index contributed by atoms with van der Waals surface area (Å²) < 4.78 is 22.0. The Kier molecular flexibility index (Phi) is 11.0. The van der Waals surface area contributed by atoms with Crippen LogP contribution in [0.1, 0.15) is 26.6 Å². The fraction of sp³-hybridized carbons (Fsp3) is 0.353. The Morgan fingerprint density at radius 2 is 1.64 bits per heavy atom. The number of aromatic nitrogens is 1. The number of piperazine rings is 1. The van der Waals surface area contributed by atoms with Crippen LogP contribution in [0.15, 0.2) is 66.0 Å². The highest BCUT2D eigenvalue weighted by molar-refractivity contribution is 7.09. The molecule has 0 N–H and O–H groups in total. The van der Waals surface area contributed by atoms with Gasteiger partial charge in [-0.3, -0.25) is 9.69 Å². The molecule has 3 aromatic carbocycles. The second kappa shape index (κ2) is 15.3. The Hall–Kier alpha value is -3.99. The molecule has 5 rings (SSSR count). The van der Waals surface area contributed by atoms with E-state index in [1.165, 1.54) is 11.3 Å². The van der Waals surface area contributed by atoms with Crippen LogP contribution in [-0.4, -0.2) is 81.9 Å². The summed E-state index contributed by atoms with van der Waals surface area (Å²) >= 11 is 7.70. The van der Waals surface area contributed by atoms with E-state index in [1.807, 2.05) is 58.8 Å². The van der Waals surface area contributed by atoms with E-state index in [4.69, 9.17) is 35.5 Å². The number of carbonyl (C=O) groups is 1. The number of benzene rings is 3. The van der Waals surface area contributed by atoms with E-state index in [1.54, 1.807) is 28.4 Å². The molecule has 0 bridgehead atoms. The zero-order valence-corrected chi connectivity index (χ0v) is 27.7. The Bertz CT molecular complexity index is 1590. The van der Waals surface area contributed by atoms with Gasteiger partial charge in [-0.15, -0.1) is 11.3 Å². The number of carbonyl (C=O) groups excluding carboxylic acids is 1. The highest BCUT2D eigenvalue weighted by atomic mass is 35.5. The lowest BCUT2D eigenvalue weighted by molar-refractivity contribution is 0.0741. The van der Waals surface area contributed by atoms with Crippen molar-refractivity contribution in [2.45, 2.75) is 19.5 Å². The molecule has 0 saturated carbocycles. The Morgan fingerprint density at radius 1 is 0.867 bits per heavy atom. The number of hydrogen-bond donors (Lipinski definition) is 0. The van der Waals surface area contributed by atoms with E-state index in [0.29, 0.717) is 48.4 Å². The summed E-state index contributed by atoms with van der Waals surface area (Å²) in [4.78, 5) is 24.7. The van der Waals surface area contributed by atoms with E-state index >= 15 is 0 Å². The average molecular weight is 651 g/mol. The number of methoxy groups -OCH3 is 4. The van der Waals surface area contributed by atoms with E-state index < -0.39 is 0 Å². The van der Waals surface area contributed by atoms with Crippen molar-refractivity contribution < 1.29 is 23.7 Å². The SMILES string of the molecule is COc1ccc(CN(CCc2ccc(OC)c(OC)c2)Cc2nc(C(=O)N3CCN(c4cccc(Cl)c4)CC3)cs2)c(OC)c1. The molecule has 0 spiro atoms. The first kappa shape index (κ1) is 32.4. The van der Waals surface area contributed by atoms with Gasteiger partial charge in [0.2, 0.25) is 0 Å². The Balaban J connectivity index is 1.27. The van der Waals surface area contributed by atoms with Gasteiger partial charge in [-0.05, 0) is 48.4 Å². The molecule has 1 aliphatic heterocycles. The lowest BCUT2D eigenvalue weighted by atomic mass is 10.1. The minimum absolute atomic E-state index is 0.0306. The maximum absolute atomic E-state index is 13.4. The van der Waals surface area contributed by atoms with Crippen molar-refractivity contribution in [2.75, 3.05) is 66.1 Å². The van der Waals surface area contributed by atoms with Gasteiger partial charge >= 0.3 is 0 Å². The molecule has 1 saturated heterocycles. The van der Waals surface area contributed by atoms with Crippen LogP contribution < -0.4 is 23.8 Å². The van der Waals surface area contributed by atoms with E-state index in [-0.39, 0.29) is 5.91 Å². The molecule has 0 radical (unpaired) electrons. The lowest BCUT2D eigenvalue weighted by Crippen LogP contribution is -2.48. The predicted octanol–water partition coefficient (Wildman–Crippen LogP) is 6.04. The summed E-state index contributed by atoms with van der Waals surface area (Å²) in [5, 5.41) is 3.47. The van der Waals surface area contributed by atoms with Gasteiger partial charge in [0, 0.05) is 67.0 Å². The molecule has 0 atom stereocenters. The van der Waals surface area contributed by atoms with Crippen LogP contribution in [0.25, 0.3) is 0 Å². The quantitative estimate of drug-likeness (QED) is 0.173. The van der Waals surface area contributed by atoms with Crippen LogP contribution in [-0.2, 0) is 19.5 Å². The number of hydrogen-bond acceptors (Lipinski definition) is 9. The minimum atomic E-state index is -0.0306. The van der Waals surface area contributed by atoms with Crippen molar-refractivity contribution in [3.63, 3.8) is 0 Å². The molecule has 45 heavy (non-hydrogen) atoms. The van der Waals surface area contributed by atoms with Gasteiger partial charge in [-0.1, -0.05) is 29.8 Å². The Morgan fingerprint density at radius 3 is 2.36 bits per heavy atom. The summed E-state index contributed by atoms with van der Waals surface area (Å²) in [5.41, 5.74) is 3.74. The van der Waals surface area contributed by atoms with Gasteiger partial charge in [0.15, 0.2) is 11.5 Å². The van der Waals surface area contributed by atoms with Crippen LogP contribution in [0, 0.1) is 0 Å². The molecule has 0 aliphatic carbocycles. The third kappa shape index (κ3) is 8.19. The van der Waals surface area contributed by atoms with Crippen molar-refractivity contribution in [3.05, 3.63) is 92.9 Å². The Labute approximate surface area is 273 Å². The molecule has 1 aromatic heterocycles. The highest BCUT2D eigenvalue weighted by Gasteiger charge is 2.25. The number of thiazole rings is 1. The zero-order valence-electron chi connectivity index (χ0n) is 26.1. The summed E-state index contributed by atoms with van der Waals surface area (Å²) in [6.45, 7) is 4.73. The van der Waals surface area contributed by atoms with Crippen LogP contribution in [0.4, 0.5) is 5.69 Å². The molecule has 2 heterocycles. The molecule has 1 amide bonds. The standard InChI is InChI=1S/C34H39ClN4O5S/c1-41-28-10-9-25(31(20-28)43-3)21-37(13-12-24-8-11-30(42-2)32(18-24)44-4)22-33-36-29(23-45-33)34(40)39-16-14-38(15-17-39)27-7-5-6-26(35)19-27/h5-11,18-20,23H,12-17,21-22H2,1-4H3. The predicted molar refractivity (Wildman–Crippen MR) is 179 cm³/mol. The van der Waals surface area contributed by atoms with Crippen molar-refractivity contribution in [1.82, 2.24) is 14.8 Å². The lowest BCUT2D eigenvalue weighted by Gasteiger charge is -2.35. The maximum atomic E-state index is 13.4. The highest BCUT2D eigenvalue weighted by Crippen LogP contribution is 2.29. The van der Waals surface area contributed by atoms with Crippen molar-refractivity contribution in [3.8, 4) is 23.0 Å². The molecule has 4 aromatic rings. The topological polar surface area (TPSA) is 76.6 Å². The number of anilines is 1. The largest absolute Gasteiger partial charge is 0.497 e. The van der Waals surface area contributed by atoms with E-state index in [2.05, 4.69) is 21.9 Å². The van der Waals surface area contributed by atoms with Crippen molar-refractivity contribution >= 4 is 34.5 Å². The first-order chi connectivity index (χ1) is 21.9. The minimum Gasteiger partial charge on any atom is -0.497 e. The number of amides is 1. The molecule has 9 nitrogen and oxygen atoms in total. The maximum Gasteiger partial charge on any atom is 0.273 e. The summed E-state index contributed by atoms with van der Waals surface area (Å²) in [6, 6.07) is 19.7. The molecular weight excluding hydrogens is 612 g/mol. The number of halogens is 1.